The van der Waals surface area contributed by atoms with E-state index in [2.05, 4.69) is 30.6 Å². The van der Waals surface area contributed by atoms with E-state index >= 15 is 0 Å². The second kappa shape index (κ2) is 8.93. The van der Waals surface area contributed by atoms with Gasteiger partial charge >= 0.3 is 0 Å². The van der Waals surface area contributed by atoms with Crippen LogP contribution in [0.15, 0.2) is 60.4 Å². The molecule has 0 saturated heterocycles. The van der Waals surface area contributed by atoms with Gasteiger partial charge in [0.05, 0.1) is 34.6 Å². The summed E-state index contributed by atoms with van der Waals surface area (Å²) >= 11 is 1.40. The van der Waals surface area contributed by atoms with Crippen LogP contribution in [0.5, 0.6) is 0 Å². The molecule has 2 atom stereocenters. The van der Waals surface area contributed by atoms with Crippen molar-refractivity contribution < 1.29 is 9.90 Å². The van der Waals surface area contributed by atoms with Crippen LogP contribution in [0.3, 0.4) is 0 Å². The number of aliphatic hydroxyl groups excluding tert-OH is 1. The van der Waals surface area contributed by atoms with Crippen molar-refractivity contribution in [2.24, 2.45) is 0 Å². The van der Waals surface area contributed by atoms with Gasteiger partial charge in [0.25, 0.3) is 5.91 Å². The quantitative estimate of drug-likeness (QED) is 0.421. The number of amides is 1. The Kier molecular flexibility index (Phi) is 5.92. The van der Waals surface area contributed by atoms with E-state index in [9.17, 15) is 9.90 Å². The zero-order chi connectivity index (χ0) is 20.9. The highest BCUT2D eigenvalue weighted by Crippen LogP contribution is 2.25. The minimum absolute atomic E-state index is 0.140. The zero-order valence-corrected chi connectivity index (χ0v) is 17.0. The minimum atomic E-state index is -0.583. The average molecular weight is 420 g/mol. The van der Waals surface area contributed by atoms with Gasteiger partial charge in [-0.1, -0.05) is 12.1 Å². The van der Waals surface area contributed by atoms with E-state index in [-0.39, 0.29) is 24.2 Å². The fourth-order valence-corrected chi connectivity index (χ4v) is 3.84. The van der Waals surface area contributed by atoms with Crippen LogP contribution in [0.4, 0.5) is 5.95 Å². The summed E-state index contributed by atoms with van der Waals surface area (Å²) in [4.78, 5) is 30.4. The number of hydrogen-bond acceptors (Lipinski definition) is 8. The lowest BCUT2D eigenvalue weighted by atomic mass is 10.1. The summed E-state index contributed by atoms with van der Waals surface area (Å²) in [7, 11) is 0. The van der Waals surface area contributed by atoms with Gasteiger partial charge < -0.3 is 15.7 Å². The number of aliphatic hydroxyl groups is 1. The molecule has 2 unspecified atom stereocenters. The van der Waals surface area contributed by atoms with Gasteiger partial charge in [-0.2, -0.15) is 0 Å². The first-order chi connectivity index (χ1) is 14.7. The predicted molar refractivity (Wildman–Crippen MR) is 115 cm³/mol. The highest BCUT2D eigenvalue weighted by atomic mass is 32.1. The van der Waals surface area contributed by atoms with Crippen LogP contribution in [0.2, 0.25) is 0 Å². The molecule has 0 spiro atoms. The van der Waals surface area contributed by atoms with E-state index in [1.807, 2.05) is 36.6 Å². The SMILES string of the molecule is CC(Nc1nc(C(=O)NC(CO)c2cccnc2)c2sccc2n1)c1ccccn1. The molecule has 4 aromatic heterocycles. The molecule has 0 aromatic carbocycles. The molecule has 0 aliphatic rings. The van der Waals surface area contributed by atoms with Gasteiger partial charge in [-0.25, -0.2) is 9.97 Å². The summed E-state index contributed by atoms with van der Waals surface area (Å²) in [6.07, 6.45) is 4.98. The molecule has 8 nitrogen and oxygen atoms in total. The Morgan fingerprint density at radius 1 is 1.17 bits per heavy atom. The van der Waals surface area contributed by atoms with Crippen LogP contribution >= 0.6 is 11.3 Å². The Labute approximate surface area is 177 Å². The van der Waals surface area contributed by atoms with E-state index in [1.54, 1.807) is 30.7 Å². The third-order valence-corrected chi connectivity index (χ3v) is 5.48. The standard InChI is InChI=1S/C21H20N6O2S/c1-13(15-6-2-3-9-23-15)24-21-26-16-7-10-30-19(16)18(27-21)20(29)25-17(12-28)14-5-4-8-22-11-14/h2-11,13,17,28H,12H2,1H3,(H,25,29)(H,24,26,27). The predicted octanol–water partition coefficient (Wildman–Crippen LogP) is 3.12. The molecule has 0 radical (unpaired) electrons. The number of carbonyl (C=O) groups is 1. The highest BCUT2D eigenvalue weighted by molar-refractivity contribution is 7.17. The monoisotopic (exact) mass is 420 g/mol. The molecule has 4 heterocycles. The lowest BCUT2D eigenvalue weighted by Crippen LogP contribution is -2.31. The van der Waals surface area contributed by atoms with Crippen LogP contribution in [0, 0.1) is 0 Å². The molecule has 0 fully saturated rings. The Balaban J connectivity index is 1.61. The summed E-state index contributed by atoms with van der Waals surface area (Å²) in [6, 6.07) is 10.4. The molecule has 0 aliphatic heterocycles. The number of fused-ring (bicyclic) bond motifs is 1. The maximum Gasteiger partial charge on any atom is 0.272 e. The van der Waals surface area contributed by atoms with Crippen molar-refractivity contribution in [3.05, 3.63) is 77.3 Å². The first kappa shape index (κ1) is 19.9. The summed E-state index contributed by atoms with van der Waals surface area (Å²) in [6.45, 7) is 1.70. The van der Waals surface area contributed by atoms with Crippen molar-refractivity contribution in [2.45, 2.75) is 19.0 Å². The van der Waals surface area contributed by atoms with Crippen LogP contribution in [0.25, 0.3) is 10.2 Å². The van der Waals surface area contributed by atoms with Crippen molar-refractivity contribution in [2.75, 3.05) is 11.9 Å². The topological polar surface area (TPSA) is 113 Å². The van der Waals surface area contributed by atoms with Crippen LogP contribution in [-0.4, -0.2) is 37.6 Å². The largest absolute Gasteiger partial charge is 0.394 e. The smallest absolute Gasteiger partial charge is 0.272 e. The van der Waals surface area contributed by atoms with Gasteiger partial charge in [-0.05, 0) is 42.1 Å². The number of hydrogen-bond donors (Lipinski definition) is 3. The van der Waals surface area contributed by atoms with Crippen LogP contribution < -0.4 is 10.6 Å². The normalized spacial score (nSPS) is 13.0. The molecule has 9 heteroatoms. The third-order valence-electron chi connectivity index (χ3n) is 4.57. The Morgan fingerprint density at radius 3 is 2.80 bits per heavy atom. The van der Waals surface area contributed by atoms with Gasteiger partial charge in [0.2, 0.25) is 5.95 Å². The summed E-state index contributed by atoms with van der Waals surface area (Å²) < 4.78 is 0.686. The lowest BCUT2D eigenvalue weighted by molar-refractivity contribution is 0.0913. The van der Waals surface area contributed by atoms with Gasteiger partial charge in [-0.3, -0.25) is 14.8 Å². The number of thiophene rings is 1. The first-order valence-electron chi connectivity index (χ1n) is 9.40. The number of pyridine rings is 2. The number of nitrogens with one attached hydrogen (secondary N) is 2. The summed E-state index contributed by atoms with van der Waals surface area (Å²) in [5, 5.41) is 17.7. The van der Waals surface area contributed by atoms with E-state index in [4.69, 9.17) is 0 Å². The highest BCUT2D eigenvalue weighted by Gasteiger charge is 2.21. The second-order valence-corrected chi connectivity index (χ2v) is 7.56. The van der Waals surface area contributed by atoms with Gasteiger partial charge in [0.15, 0.2) is 5.69 Å². The Hall–Kier alpha value is -3.43. The van der Waals surface area contributed by atoms with Gasteiger partial charge in [0.1, 0.15) is 0 Å². The third kappa shape index (κ3) is 4.27. The van der Waals surface area contributed by atoms with Crippen LogP contribution in [-0.2, 0) is 0 Å². The van der Waals surface area contributed by atoms with Crippen molar-refractivity contribution in [3.8, 4) is 0 Å². The average Bonchev–Trinajstić information content (AvgIpc) is 3.26. The zero-order valence-electron chi connectivity index (χ0n) is 16.2. The fraction of sp³-hybridized carbons (Fsp3) is 0.190. The Morgan fingerprint density at radius 2 is 2.07 bits per heavy atom. The van der Waals surface area contributed by atoms with Gasteiger partial charge in [0, 0.05) is 18.6 Å². The van der Waals surface area contributed by atoms with E-state index in [0.29, 0.717) is 21.7 Å². The molecule has 4 aromatic rings. The molecule has 152 valence electrons. The van der Waals surface area contributed by atoms with Gasteiger partial charge in [-0.15, -0.1) is 11.3 Å². The maximum atomic E-state index is 13.0. The molecule has 30 heavy (non-hydrogen) atoms. The minimum Gasteiger partial charge on any atom is -0.394 e. The summed E-state index contributed by atoms with van der Waals surface area (Å²) in [5.41, 5.74) is 2.49. The summed E-state index contributed by atoms with van der Waals surface area (Å²) in [5.74, 6) is -0.0487. The molecule has 1 amide bonds. The van der Waals surface area contributed by atoms with Crippen molar-refractivity contribution in [3.63, 3.8) is 0 Å². The second-order valence-electron chi connectivity index (χ2n) is 6.65. The van der Waals surface area contributed by atoms with Crippen molar-refractivity contribution in [1.29, 1.82) is 0 Å². The van der Waals surface area contributed by atoms with E-state index in [0.717, 1.165) is 5.69 Å². The van der Waals surface area contributed by atoms with E-state index in [1.165, 1.54) is 11.3 Å². The number of aromatic nitrogens is 4. The Bertz CT molecular complexity index is 1140. The van der Waals surface area contributed by atoms with Crippen LogP contribution in [0.1, 0.15) is 40.8 Å². The number of carbonyl (C=O) groups excluding carboxylic acids is 1. The molecule has 4 rings (SSSR count). The van der Waals surface area contributed by atoms with E-state index < -0.39 is 6.04 Å². The number of nitrogens with zero attached hydrogens (tertiary/aromatic N) is 4. The number of anilines is 1. The molecule has 0 bridgehead atoms. The molecule has 0 saturated carbocycles. The number of rotatable bonds is 7. The van der Waals surface area contributed by atoms with Crippen molar-refractivity contribution in [1.82, 2.24) is 25.3 Å². The maximum absolute atomic E-state index is 13.0. The fourth-order valence-electron chi connectivity index (χ4n) is 3.02. The molecule has 3 N–H and O–H groups in total. The lowest BCUT2D eigenvalue weighted by Gasteiger charge is -2.17. The van der Waals surface area contributed by atoms with Crippen molar-refractivity contribution >= 4 is 33.4 Å². The molecular formula is C21H20N6O2S. The molecular weight excluding hydrogens is 400 g/mol. The molecule has 0 aliphatic carbocycles. The first-order valence-corrected chi connectivity index (χ1v) is 10.3.